The molecule has 0 aromatic heterocycles. The van der Waals surface area contributed by atoms with Crippen molar-refractivity contribution in [3.63, 3.8) is 0 Å². The third kappa shape index (κ3) is 21.1. The zero-order valence-corrected chi connectivity index (χ0v) is 32.7. The van der Waals surface area contributed by atoms with Crippen molar-refractivity contribution in [1.29, 1.82) is 0 Å². The van der Waals surface area contributed by atoms with Gasteiger partial charge < -0.3 is 14.8 Å². The smallest absolute Gasteiger partial charge is 0.871 e. The van der Waals surface area contributed by atoms with Crippen LogP contribution < -0.4 is 5.11 Å². The maximum Gasteiger partial charge on any atom is 2.00 e. The summed E-state index contributed by atoms with van der Waals surface area (Å²) in [5.41, 5.74) is 1.01. The number of unbranched alkanes of at least 4 members (excludes halogenated alkanes) is 18. The molecule has 0 bridgehead atoms. The van der Waals surface area contributed by atoms with Crippen LogP contribution in [0.1, 0.15) is 153 Å². The summed E-state index contributed by atoms with van der Waals surface area (Å²) in [7, 11) is -9.03. The molecule has 0 unspecified atom stereocenters. The topological polar surface area (TPSA) is 155 Å². The molecular formula is C36H58CaO8S2. The van der Waals surface area contributed by atoms with Crippen molar-refractivity contribution in [3.05, 3.63) is 47.5 Å². The molecule has 0 saturated carbocycles. The second-order valence-corrected chi connectivity index (χ2v) is 15.0. The van der Waals surface area contributed by atoms with Gasteiger partial charge >= 0.3 is 37.7 Å². The van der Waals surface area contributed by atoms with Gasteiger partial charge in [0.25, 0.3) is 10.1 Å². The summed E-state index contributed by atoms with van der Waals surface area (Å²) in [6.45, 7) is 4.44. The summed E-state index contributed by atoms with van der Waals surface area (Å²) in [6, 6.07) is 8.65. The zero-order chi connectivity index (χ0) is 34.3. The predicted octanol–water partition coefficient (Wildman–Crippen LogP) is 8.85. The number of aromatic hydroxyl groups is 1. The first-order chi connectivity index (χ1) is 21.9. The van der Waals surface area contributed by atoms with Crippen LogP contribution >= 0.6 is 0 Å². The maximum absolute atomic E-state index is 11.9. The summed E-state index contributed by atoms with van der Waals surface area (Å²) < 4.78 is 64.3. The molecule has 0 heterocycles. The van der Waals surface area contributed by atoms with Crippen LogP contribution in [0.2, 0.25) is 0 Å². The second-order valence-electron chi connectivity index (χ2n) is 12.3. The van der Waals surface area contributed by atoms with Gasteiger partial charge in [0.15, 0.2) is 0 Å². The second kappa shape index (κ2) is 26.9. The molecule has 0 fully saturated rings. The molecule has 11 heteroatoms. The molecule has 0 saturated heterocycles. The van der Waals surface area contributed by atoms with Gasteiger partial charge in [-0.05, 0) is 43.4 Å². The van der Waals surface area contributed by atoms with E-state index in [0.29, 0.717) is 24.0 Å². The molecule has 0 amide bonds. The van der Waals surface area contributed by atoms with Crippen molar-refractivity contribution >= 4 is 58.0 Å². The summed E-state index contributed by atoms with van der Waals surface area (Å²) in [6.07, 6.45) is 25.5. The van der Waals surface area contributed by atoms with E-state index in [1.807, 2.05) is 0 Å². The van der Waals surface area contributed by atoms with E-state index in [0.717, 1.165) is 38.2 Å². The molecule has 2 aromatic carbocycles. The van der Waals surface area contributed by atoms with Crippen LogP contribution in [0.4, 0.5) is 0 Å². The quantitative estimate of drug-likeness (QED) is 0.0619. The Hall–Kier alpha value is -0.880. The van der Waals surface area contributed by atoms with E-state index in [1.165, 1.54) is 108 Å². The van der Waals surface area contributed by atoms with Crippen LogP contribution in [-0.2, 0) is 33.1 Å². The molecule has 2 N–H and O–H groups in total. The maximum atomic E-state index is 11.9. The van der Waals surface area contributed by atoms with E-state index < -0.39 is 35.8 Å². The first-order valence-corrected chi connectivity index (χ1v) is 20.3. The van der Waals surface area contributed by atoms with E-state index in [4.69, 9.17) is 4.55 Å². The summed E-state index contributed by atoms with van der Waals surface area (Å²) in [5, 5.41) is 21.9. The first-order valence-electron chi connectivity index (χ1n) is 17.5. The average molecular weight is 723 g/mol. The van der Waals surface area contributed by atoms with E-state index >= 15 is 0 Å². The van der Waals surface area contributed by atoms with Gasteiger partial charge in [-0.25, -0.2) is 8.42 Å². The van der Waals surface area contributed by atoms with Crippen LogP contribution in [0.15, 0.2) is 46.2 Å². The number of benzene rings is 2. The Morgan fingerprint density at radius 1 is 0.553 bits per heavy atom. The van der Waals surface area contributed by atoms with Gasteiger partial charge in [-0.15, -0.1) is 0 Å². The fourth-order valence-electron chi connectivity index (χ4n) is 5.54. The molecule has 0 atom stereocenters. The fourth-order valence-corrected chi connectivity index (χ4v) is 6.77. The van der Waals surface area contributed by atoms with Crippen LogP contribution in [0.5, 0.6) is 11.5 Å². The van der Waals surface area contributed by atoms with Gasteiger partial charge in [0, 0.05) is 4.90 Å². The first kappa shape index (κ1) is 46.1. The number of phenols is 1. The molecule has 0 radical (unpaired) electrons. The predicted molar refractivity (Wildman–Crippen MR) is 189 cm³/mol. The van der Waals surface area contributed by atoms with Gasteiger partial charge in [-0.2, -0.15) is 8.42 Å². The summed E-state index contributed by atoms with van der Waals surface area (Å²) in [5.74, 6) is -0.940. The Balaban J connectivity index is 0.000000882. The van der Waals surface area contributed by atoms with E-state index in [2.05, 4.69) is 13.8 Å². The van der Waals surface area contributed by atoms with E-state index in [-0.39, 0.29) is 43.5 Å². The zero-order valence-electron chi connectivity index (χ0n) is 28.9. The van der Waals surface area contributed by atoms with Crippen molar-refractivity contribution in [2.75, 3.05) is 0 Å². The number of phenolic OH excluding ortho intramolecular Hbond substituents is 1. The molecule has 47 heavy (non-hydrogen) atoms. The Kier molecular flexibility index (Phi) is 26.4. The standard InChI is InChI=1S/2C18H30O4S.Ca/c2*1-2-3-4-5-6-7-8-9-10-11-13-16-14-12-15-17(18(16)19)23(20,21)22;/h2*12,14-15,19H,2-11,13H2,1H3,(H,20,21,22);/q;;+2/p-2. The van der Waals surface area contributed by atoms with Crippen LogP contribution in [0, 0.1) is 0 Å². The monoisotopic (exact) mass is 722 g/mol. The Morgan fingerprint density at radius 3 is 1.28 bits per heavy atom. The molecule has 264 valence electrons. The Labute approximate surface area is 315 Å². The summed E-state index contributed by atoms with van der Waals surface area (Å²) in [4.78, 5) is -1.02. The minimum atomic E-state index is -4.67. The molecule has 0 aliphatic carbocycles. The fraction of sp³-hybridized carbons (Fsp3) is 0.667. The SMILES string of the molecule is CCCCCCCCCCCCc1cccc(S(=O)(=O)O)c1O.CCCCCCCCCCCCc1cccc(S(=O)(=O)[O-])c1[O-].[Ca+2]. The van der Waals surface area contributed by atoms with Gasteiger partial charge in [0.05, 0.1) is 0 Å². The molecule has 0 spiro atoms. The number of hydrogen-bond acceptors (Lipinski definition) is 7. The third-order valence-electron chi connectivity index (χ3n) is 8.29. The average Bonchev–Trinajstić information content (AvgIpc) is 2.99. The van der Waals surface area contributed by atoms with E-state index in [1.54, 1.807) is 18.2 Å². The number of hydrogen-bond donors (Lipinski definition) is 2. The van der Waals surface area contributed by atoms with Crippen molar-refractivity contribution in [2.24, 2.45) is 0 Å². The van der Waals surface area contributed by atoms with Gasteiger partial charge in [-0.1, -0.05) is 165 Å². The molecule has 0 aliphatic heterocycles. The number of aryl methyl sites for hydroxylation is 2. The molecule has 0 aliphatic rings. The van der Waals surface area contributed by atoms with Crippen LogP contribution in [-0.4, -0.2) is 68.8 Å². The Bertz CT molecular complexity index is 1210. The number of para-hydroxylation sites is 2. The van der Waals surface area contributed by atoms with Gasteiger partial charge in [-0.3, -0.25) is 4.55 Å². The largest absolute Gasteiger partial charge is 2.00 e. The van der Waals surface area contributed by atoms with Crippen LogP contribution in [0.25, 0.3) is 0 Å². The van der Waals surface area contributed by atoms with Crippen molar-refractivity contribution in [3.8, 4) is 11.5 Å². The minimum Gasteiger partial charge on any atom is -0.871 e. The van der Waals surface area contributed by atoms with E-state index in [9.17, 15) is 31.6 Å². The van der Waals surface area contributed by atoms with Crippen molar-refractivity contribution in [1.82, 2.24) is 0 Å². The van der Waals surface area contributed by atoms with Crippen LogP contribution in [0.3, 0.4) is 0 Å². The molecular weight excluding hydrogens is 665 g/mol. The number of rotatable bonds is 24. The molecule has 8 nitrogen and oxygen atoms in total. The van der Waals surface area contributed by atoms with Crippen molar-refractivity contribution < 1.29 is 36.2 Å². The Morgan fingerprint density at radius 2 is 0.894 bits per heavy atom. The minimum absolute atomic E-state index is 0. The molecule has 2 aromatic rings. The normalized spacial score (nSPS) is 11.5. The van der Waals surface area contributed by atoms with Crippen molar-refractivity contribution in [2.45, 2.75) is 165 Å². The molecule has 2 rings (SSSR count). The van der Waals surface area contributed by atoms with Gasteiger partial charge in [0.2, 0.25) is 0 Å². The van der Waals surface area contributed by atoms with Gasteiger partial charge in [0.1, 0.15) is 20.8 Å². The summed E-state index contributed by atoms with van der Waals surface area (Å²) >= 11 is 0. The third-order valence-corrected chi connectivity index (χ3v) is 10.0.